The number of halogens is 1. The molecule has 0 saturated heterocycles. The van der Waals surface area contributed by atoms with E-state index >= 15 is 4.39 Å². The molecule has 3 aromatic rings. The number of esters is 1. The smallest absolute Gasteiger partial charge is 0.343 e. The number of fused-ring (bicyclic) bond motifs is 5. The van der Waals surface area contributed by atoms with E-state index in [1.807, 2.05) is 0 Å². The number of carbonyl (C=O) groups excluding carboxylic acids is 1. The van der Waals surface area contributed by atoms with Crippen LogP contribution in [0.1, 0.15) is 53.1 Å². The Hall–Kier alpha value is -3.40. The number of aromatic nitrogens is 2. The van der Waals surface area contributed by atoms with Crippen molar-refractivity contribution in [1.82, 2.24) is 14.5 Å². The zero-order valence-electron chi connectivity index (χ0n) is 21.2. The van der Waals surface area contributed by atoms with Gasteiger partial charge in [-0.25, -0.2) is 14.2 Å². The molecule has 0 saturated carbocycles. The number of nitrogens with zero attached hydrogens (tertiary/aromatic N) is 3. The van der Waals surface area contributed by atoms with Crippen LogP contribution in [0.2, 0.25) is 0 Å². The van der Waals surface area contributed by atoms with Crippen LogP contribution in [-0.4, -0.2) is 45.7 Å². The highest BCUT2D eigenvalue weighted by Gasteiger charge is 2.45. The quantitative estimate of drug-likeness (QED) is 0.413. The largest absolute Gasteiger partial charge is 0.458 e. The number of cyclic esters (lactones) is 1. The summed E-state index contributed by atoms with van der Waals surface area (Å²) in [6.45, 7) is 5.34. The minimum atomic E-state index is -1.91. The van der Waals surface area contributed by atoms with Gasteiger partial charge >= 0.3 is 5.97 Å². The fourth-order valence-electron chi connectivity index (χ4n) is 6.03. The van der Waals surface area contributed by atoms with Gasteiger partial charge in [-0.1, -0.05) is 13.0 Å². The molecule has 0 aliphatic carbocycles. The summed E-state index contributed by atoms with van der Waals surface area (Å²) in [4.78, 5) is 33.1. The molecule has 192 valence electrons. The van der Waals surface area contributed by atoms with Crippen LogP contribution >= 0.6 is 0 Å². The van der Waals surface area contributed by atoms with Crippen molar-refractivity contribution in [3.8, 4) is 11.4 Å². The van der Waals surface area contributed by atoms with Crippen molar-refractivity contribution in [2.24, 2.45) is 5.73 Å². The third-order valence-corrected chi connectivity index (χ3v) is 8.23. The highest BCUT2D eigenvalue weighted by Crippen LogP contribution is 2.43. The molecule has 0 spiro atoms. The lowest BCUT2D eigenvalue weighted by atomic mass is 9.85. The molecule has 2 aromatic heterocycles. The third kappa shape index (κ3) is 3.27. The van der Waals surface area contributed by atoms with Crippen LogP contribution in [0.4, 0.5) is 4.39 Å². The summed E-state index contributed by atoms with van der Waals surface area (Å²) < 4.78 is 22.0. The highest BCUT2D eigenvalue weighted by molar-refractivity contribution is 5.98. The Bertz CT molecular complexity index is 1610. The maximum atomic E-state index is 15.3. The first-order valence-electron chi connectivity index (χ1n) is 12.6. The molecular weight excluding hydrogens is 475 g/mol. The van der Waals surface area contributed by atoms with Crippen LogP contribution in [0.15, 0.2) is 23.0 Å². The van der Waals surface area contributed by atoms with Gasteiger partial charge in [0, 0.05) is 42.2 Å². The first kappa shape index (κ1) is 24.0. The summed E-state index contributed by atoms with van der Waals surface area (Å²) in [6, 6.07) is 3.10. The number of hydrogen-bond acceptors (Lipinski definition) is 7. The second-order valence-electron chi connectivity index (χ2n) is 10.2. The monoisotopic (exact) mass is 504 g/mol. The minimum absolute atomic E-state index is 0.0614. The zero-order valence-corrected chi connectivity index (χ0v) is 21.2. The fraction of sp³-hybridized carbons (Fsp3) is 0.393. The molecule has 1 atom stereocenters. The predicted octanol–water partition coefficient (Wildman–Crippen LogP) is 2.70. The molecule has 6 rings (SSSR count). The van der Waals surface area contributed by atoms with Crippen molar-refractivity contribution >= 4 is 22.4 Å². The van der Waals surface area contributed by atoms with E-state index in [0.717, 1.165) is 47.2 Å². The SMILES string of the molecule is CC[C@@]1(O)C(=O)OCc2c1cc1n(c2=O)Cc2c-1nc1cc(F)c(C)c(C3=CCN(C)CC3)c1c2CN. The van der Waals surface area contributed by atoms with E-state index in [4.69, 9.17) is 15.5 Å². The van der Waals surface area contributed by atoms with Gasteiger partial charge in [-0.15, -0.1) is 0 Å². The maximum absolute atomic E-state index is 15.3. The number of hydrogen-bond donors (Lipinski definition) is 2. The summed E-state index contributed by atoms with van der Waals surface area (Å²) in [5.74, 6) is -1.12. The number of aliphatic hydroxyl groups is 1. The standard InChI is InChI=1S/C28H29FN4O4/c1-4-28(36)19-9-22-25-17(12-33(22)26(34)18(19)13-37-27(28)35)16(11-30)24-21(31-25)10-20(29)14(2)23(24)15-5-7-32(3)8-6-15/h5,9-10,36H,4,6-8,11-13,30H2,1-3H3/t28-/m0/s1. The zero-order chi connectivity index (χ0) is 26.2. The Labute approximate surface area is 213 Å². The molecule has 37 heavy (non-hydrogen) atoms. The molecule has 5 heterocycles. The lowest BCUT2D eigenvalue weighted by molar-refractivity contribution is -0.172. The second-order valence-corrected chi connectivity index (χ2v) is 10.2. The molecule has 0 amide bonds. The first-order chi connectivity index (χ1) is 17.7. The molecular formula is C28H29FN4O4. The lowest BCUT2D eigenvalue weighted by Gasteiger charge is -2.31. The third-order valence-electron chi connectivity index (χ3n) is 8.23. The molecule has 0 unspecified atom stereocenters. The average molecular weight is 505 g/mol. The van der Waals surface area contributed by atoms with Crippen molar-refractivity contribution in [3.05, 3.63) is 67.8 Å². The van der Waals surface area contributed by atoms with Gasteiger partial charge in [0.15, 0.2) is 5.60 Å². The molecule has 3 aliphatic heterocycles. The normalized spacial score (nSPS) is 20.9. The van der Waals surface area contributed by atoms with Crippen LogP contribution in [0.25, 0.3) is 27.9 Å². The van der Waals surface area contributed by atoms with Gasteiger partial charge in [0.1, 0.15) is 12.4 Å². The van der Waals surface area contributed by atoms with Gasteiger partial charge in [0.25, 0.3) is 5.56 Å². The Balaban J connectivity index is 1.65. The molecule has 0 fully saturated rings. The number of nitrogens with two attached hydrogens (primary N) is 1. The van der Waals surface area contributed by atoms with E-state index in [1.165, 1.54) is 6.07 Å². The topological polar surface area (TPSA) is 111 Å². The van der Waals surface area contributed by atoms with E-state index in [-0.39, 0.29) is 48.6 Å². The Morgan fingerprint density at radius 2 is 2.05 bits per heavy atom. The molecule has 3 aliphatic rings. The van der Waals surface area contributed by atoms with Gasteiger partial charge in [-0.2, -0.15) is 0 Å². The number of likely N-dealkylation sites (N-methyl/N-ethyl adjacent to an activating group) is 1. The van der Waals surface area contributed by atoms with Crippen LogP contribution in [0, 0.1) is 12.7 Å². The van der Waals surface area contributed by atoms with Crippen molar-refractivity contribution < 1.29 is 19.0 Å². The average Bonchev–Trinajstić information content (AvgIpc) is 3.25. The van der Waals surface area contributed by atoms with Crippen LogP contribution in [-0.2, 0) is 34.8 Å². The van der Waals surface area contributed by atoms with Gasteiger partial charge in [-0.3, -0.25) is 4.79 Å². The predicted molar refractivity (Wildman–Crippen MR) is 137 cm³/mol. The Kier molecular flexibility index (Phi) is 5.38. The van der Waals surface area contributed by atoms with Crippen molar-refractivity contribution in [3.63, 3.8) is 0 Å². The number of benzene rings is 1. The molecule has 0 bridgehead atoms. The molecule has 3 N–H and O–H groups in total. The summed E-state index contributed by atoms with van der Waals surface area (Å²) in [6.07, 6.45) is 2.98. The molecule has 1 aromatic carbocycles. The van der Waals surface area contributed by atoms with E-state index in [9.17, 15) is 14.7 Å². The van der Waals surface area contributed by atoms with E-state index < -0.39 is 11.6 Å². The highest BCUT2D eigenvalue weighted by atomic mass is 19.1. The minimum Gasteiger partial charge on any atom is -0.458 e. The lowest BCUT2D eigenvalue weighted by Crippen LogP contribution is -2.44. The molecule has 9 heteroatoms. The van der Waals surface area contributed by atoms with Gasteiger partial charge in [0.05, 0.1) is 29.0 Å². The first-order valence-corrected chi connectivity index (χ1v) is 12.6. The number of rotatable bonds is 3. The van der Waals surface area contributed by atoms with E-state index in [0.29, 0.717) is 22.5 Å². The Morgan fingerprint density at radius 3 is 2.73 bits per heavy atom. The number of carbonyl (C=O) groups is 1. The van der Waals surface area contributed by atoms with Crippen molar-refractivity contribution in [1.29, 1.82) is 0 Å². The van der Waals surface area contributed by atoms with Gasteiger partial charge in [-0.05, 0) is 55.1 Å². The summed E-state index contributed by atoms with van der Waals surface area (Å²) in [7, 11) is 2.05. The molecule has 0 radical (unpaired) electrons. The number of ether oxygens (including phenoxy) is 1. The fourth-order valence-corrected chi connectivity index (χ4v) is 6.03. The van der Waals surface area contributed by atoms with Crippen LogP contribution in [0.5, 0.6) is 0 Å². The number of pyridine rings is 2. The van der Waals surface area contributed by atoms with Crippen molar-refractivity contribution in [2.45, 2.75) is 52.0 Å². The van der Waals surface area contributed by atoms with Crippen molar-refractivity contribution in [2.75, 3.05) is 20.1 Å². The van der Waals surface area contributed by atoms with E-state index in [1.54, 1.807) is 24.5 Å². The Morgan fingerprint density at radius 1 is 1.27 bits per heavy atom. The van der Waals surface area contributed by atoms with Gasteiger partial charge in [0.2, 0.25) is 0 Å². The summed E-state index contributed by atoms with van der Waals surface area (Å²) in [5.41, 5.74) is 10.2. The molecule has 8 nitrogen and oxygen atoms in total. The van der Waals surface area contributed by atoms with Gasteiger partial charge < -0.3 is 25.0 Å². The van der Waals surface area contributed by atoms with Crippen LogP contribution < -0.4 is 11.3 Å². The van der Waals surface area contributed by atoms with Crippen LogP contribution in [0.3, 0.4) is 0 Å². The maximum Gasteiger partial charge on any atom is 0.343 e. The summed E-state index contributed by atoms with van der Waals surface area (Å²) >= 11 is 0. The second kappa shape index (κ2) is 8.31. The van der Waals surface area contributed by atoms with E-state index in [2.05, 4.69) is 18.0 Å². The summed E-state index contributed by atoms with van der Waals surface area (Å²) in [5, 5.41) is 11.9.